The average Bonchev–Trinajstić information content (AvgIpc) is 2.90. The molecule has 0 aliphatic carbocycles. The van der Waals surface area contributed by atoms with Gasteiger partial charge in [-0.25, -0.2) is 14.8 Å². The van der Waals surface area contributed by atoms with Gasteiger partial charge in [-0.05, 0) is 38.0 Å². The third kappa shape index (κ3) is 5.70. The zero-order chi connectivity index (χ0) is 25.7. The second-order valence-corrected chi connectivity index (χ2v) is 9.01. The Hall–Kier alpha value is -3.81. The predicted molar refractivity (Wildman–Crippen MR) is 142 cm³/mol. The van der Waals surface area contributed by atoms with Gasteiger partial charge in [0.1, 0.15) is 23.1 Å². The molecule has 2 amide bonds. The highest BCUT2D eigenvalue weighted by Gasteiger charge is 2.26. The summed E-state index contributed by atoms with van der Waals surface area (Å²) in [6.45, 7) is 8.78. The molecule has 3 aromatic rings. The van der Waals surface area contributed by atoms with Gasteiger partial charge >= 0.3 is 6.03 Å². The predicted octanol–water partition coefficient (Wildman–Crippen LogP) is 4.62. The summed E-state index contributed by atoms with van der Waals surface area (Å²) in [6.07, 6.45) is 1.64. The lowest BCUT2D eigenvalue weighted by Gasteiger charge is -2.36. The summed E-state index contributed by atoms with van der Waals surface area (Å²) in [5.74, 6) is 3.00. The molecule has 1 aliphatic rings. The molecule has 2 aromatic carbocycles. The number of nitrogens with one attached hydrogen (secondary N) is 1. The number of rotatable bonds is 7. The van der Waals surface area contributed by atoms with Crippen LogP contribution in [0.3, 0.4) is 0 Å². The molecule has 4 rings (SSSR count). The summed E-state index contributed by atoms with van der Waals surface area (Å²) >= 11 is 0. The molecule has 8 nitrogen and oxygen atoms in total. The second-order valence-electron chi connectivity index (χ2n) is 9.01. The van der Waals surface area contributed by atoms with Crippen molar-refractivity contribution in [1.82, 2.24) is 14.9 Å². The van der Waals surface area contributed by atoms with Crippen LogP contribution < -0.4 is 19.7 Å². The smallest absolute Gasteiger partial charge is 0.322 e. The van der Waals surface area contributed by atoms with Crippen LogP contribution in [0.1, 0.15) is 35.1 Å². The number of amides is 2. The summed E-state index contributed by atoms with van der Waals surface area (Å²) in [5, 5.41) is 2.98. The number of ether oxygens (including phenoxy) is 2. The average molecular weight is 490 g/mol. The van der Waals surface area contributed by atoms with E-state index in [2.05, 4.69) is 48.3 Å². The maximum Gasteiger partial charge on any atom is 0.322 e. The zero-order valence-corrected chi connectivity index (χ0v) is 21.8. The fourth-order valence-corrected chi connectivity index (χ4v) is 4.50. The summed E-state index contributed by atoms with van der Waals surface area (Å²) in [5.41, 5.74) is 5.37. The van der Waals surface area contributed by atoms with Gasteiger partial charge in [0.2, 0.25) is 0 Å². The van der Waals surface area contributed by atoms with E-state index in [0.29, 0.717) is 43.4 Å². The van der Waals surface area contributed by atoms with E-state index in [-0.39, 0.29) is 6.03 Å². The molecule has 36 heavy (non-hydrogen) atoms. The van der Waals surface area contributed by atoms with Gasteiger partial charge in [-0.2, -0.15) is 0 Å². The van der Waals surface area contributed by atoms with Crippen LogP contribution in [-0.4, -0.2) is 61.3 Å². The Kier molecular flexibility index (Phi) is 7.93. The summed E-state index contributed by atoms with van der Waals surface area (Å²) < 4.78 is 10.7. The molecule has 0 bridgehead atoms. The van der Waals surface area contributed by atoms with Gasteiger partial charge in [-0.15, -0.1) is 0 Å². The van der Waals surface area contributed by atoms with E-state index in [0.717, 1.165) is 30.2 Å². The number of urea groups is 1. The Morgan fingerprint density at radius 2 is 1.69 bits per heavy atom. The standard InChI is InChI=1S/C28H35N5O3/c1-6-24-23(17-21-9-7-19(2)8-10-21)27(30-20(3)29-24)32-13-15-33(16-14-32)28(34)31-25-12-11-22(35-4)18-26(25)36-5/h7-12,18H,6,13-17H2,1-5H3,(H,31,34). The Morgan fingerprint density at radius 3 is 2.33 bits per heavy atom. The van der Waals surface area contributed by atoms with Gasteiger partial charge in [0, 0.05) is 49.9 Å². The SMILES string of the molecule is CCc1nc(C)nc(N2CCN(C(=O)Nc3ccc(OC)cc3OC)CC2)c1Cc1ccc(C)cc1. The van der Waals surface area contributed by atoms with E-state index in [1.165, 1.54) is 16.7 Å². The molecule has 1 saturated heterocycles. The molecule has 190 valence electrons. The highest BCUT2D eigenvalue weighted by molar-refractivity contribution is 5.91. The lowest BCUT2D eigenvalue weighted by atomic mass is 10.0. The van der Waals surface area contributed by atoms with Crippen molar-refractivity contribution in [3.8, 4) is 11.5 Å². The Bertz CT molecular complexity index is 1200. The topological polar surface area (TPSA) is 79.8 Å². The van der Waals surface area contributed by atoms with Crippen LogP contribution in [0, 0.1) is 13.8 Å². The van der Waals surface area contributed by atoms with Crippen LogP contribution in [0.25, 0.3) is 0 Å². The fourth-order valence-electron chi connectivity index (χ4n) is 4.50. The number of hydrogen-bond donors (Lipinski definition) is 1. The molecule has 8 heteroatoms. The van der Waals surface area contributed by atoms with Gasteiger partial charge in [0.25, 0.3) is 0 Å². The van der Waals surface area contributed by atoms with Crippen LogP contribution >= 0.6 is 0 Å². The summed E-state index contributed by atoms with van der Waals surface area (Å²) in [4.78, 5) is 26.7. The molecule has 0 atom stereocenters. The van der Waals surface area contributed by atoms with Crippen molar-refractivity contribution in [2.45, 2.75) is 33.6 Å². The van der Waals surface area contributed by atoms with Crippen molar-refractivity contribution < 1.29 is 14.3 Å². The van der Waals surface area contributed by atoms with Crippen LogP contribution in [0.15, 0.2) is 42.5 Å². The first-order valence-corrected chi connectivity index (χ1v) is 12.4. The van der Waals surface area contributed by atoms with Crippen molar-refractivity contribution in [2.24, 2.45) is 0 Å². The Morgan fingerprint density at radius 1 is 0.972 bits per heavy atom. The molecule has 2 heterocycles. The number of piperazine rings is 1. The van der Waals surface area contributed by atoms with Gasteiger partial charge < -0.3 is 24.6 Å². The van der Waals surface area contributed by atoms with Crippen molar-refractivity contribution in [2.75, 3.05) is 50.6 Å². The maximum absolute atomic E-state index is 13.0. The number of nitrogens with zero attached hydrogens (tertiary/aromatic N) is 4. The quantitative estimate of drug-likeness (QED) is 0.522. The Balaban J connectivity index is 1.48. The van der Waals surface area contributed by atoms with Crippen LogP contribution in [-0.2, 0) is 12.8 Å². The molecule has 0 spiro atoms. The highest BCUT2D eigenvalue weighted by Crippen LogP contribution is 2.30. The fraction of sp³-hybridized carbons (Fsp3) is 0.393. The van der Waals surface area contributed by atoms with E-state index in [1.807, 2.05) is 11.8 Å². The second kappa shape index (κ2) is 11.3. The molecule has 1 fully saturated rings. The summed E-state index contributed by atoms with van der Waals surface area (Å²) in [7, 11) is 3.17. The minimum atomic E-state index is -0.147. The number of hydrogen-bond acceptors (Lipinski definition) is 6. The molecule has 0 unspecified atom stereocenters. The van der Waals surface area contributed by atoms with Crippen molar-refractivity contribution in [3.63, 3.8) is 0 Å². The van der Waals surface area contributed by atoms with E-state index in [9.17, 15) is 4.79 Å². The number of carbonyl (C=O) groups excluding carboxylic acids is 1. The van der Waals surface area contributed by atoms with Crippen LogP contribution in [0.2, 0.25) is 0 Å². The van der Waals surface area contributed by atoms with Crippen molar-refractivity contribution in [3.05, 3.63) is 70.7 Å². The molecule has 1 aromatic heterocycles. The summed E-state index contributed by atoms with van der Waals surface area (Å²) in [6, 6.07) is 13.8. The van der Waals surface area contributed by atoms with Crippen LogP contribution in [0.4, 0.5) is 16.3 Å². The molecule has 0 saturated carbocycles. The van der Waals surface area contributed by atoms with Gasteiger partial charge in [0.05, 0.1) is 19.9 Å². The van der Waals surface area contributed by atoms with Crippen molar-refractivity contribution >= 4 is 17.5 Å². The molecule has 0 radical (unpaired) electrons. The van der Waals surface area contributed by atoms with Crippen LogP contribution in [0.5, 0.6) is 11.5 Å². The first-order chi connectivity index (χ1) is 17.4. The highest BCUT2D eigenvalue weighted by atomic mass is 16.5. The normalized spacial score (nSPS) is 13.5. The van der Waals surface area contributed by atoms with Crippen molar-refractivity contribution in [1.29, 1.82) is 0 Å². The van der Waals surface area contributed by atoms with E-state index >= 15 is 0 Å². The maximum atomic E-state index is 13.0. The number of benzene rings is 2. The molecular formula is C28H35N5O3. The van der Waals surface area contributed by atoms with Gasteiger partial charge in [0.15, 0.2) is 0 Å². The van der Waals surface area contributed by atoms with E-state index in [1.54, 1.807) is 32.4 Å². The van der Waals surface area contributed by atoms with Gasteiger partial charge in [-0.3, -0.25) is 0 Å². The first-order valence-electron chi connectivity index (χ1n) is 12.4. The third-order valence-corrected chi connectivity index (χ3v) is 6.54. The molecule has 1 N–H and O–H groups in total. The minimum absolute atomic E-state index is 0.147. The number of methoxy groups -OCH3 is 2. The first kappa shape index (κ1) is 25.3. The number of carbonyl (C=O) groups is 1. The third-order valence-electron chi connectivity index (χ3n) is 6.54. The van der Waals surface area contributed by atoms with Gasteiger partial charge in [-0.1, -0.05) is 36.8 Å². The molecule has 1 aliphatic heterocycles. The Labute approximate surface area is 213 Å². The largest absolute Gasteiger partial charge is 0.497 e. The lowest BCUT2D eigenvalue weighted by molar-refractivity contribution is 0.208. The number of aromatic nitrogens is 2. The van der Waals surface area contributed by atoms with E-state index < -0.39 is 0 Å². The monoisotopic (exact) mass is 489 g/mol. The number of aryl methyl sites for hydroxylation is 3. The minimum Gasteiger partial charge on any atom is -0.497 e. The number of anilines is 2. The zero-order valence-electron chi connectivity index (χ0n) is 21.8. The molecular weight excluding hydrogens is 454 g/mol. The lowest BCUT2D eigenvalue weighted by Crippen LogP contribution is -2.50. The van der Waals surface area contributed by atoms with E-state index in [4.69, 9.17) is 19.4 Å².